The normalized spacial score (nSPS) is 22.2. The summed E-state index contributed by atoms with van der Waals surface area (Å²) in [4.78, 5) is 38.7. The first kappa shape index (κ1) is 27.9. The molecule has 0 radical (unpaired) electrons. The second kappa shape index (κ2) is 13.6. The first-order chi connectivity index (χ1) is 19.0. The fraction of sp³-hybridized carbons (Fsp3) is 0.241. The lowest BCUT2D eigenvalue weighted by molar-refractivity contribution is -0.258. The van der Waals surface area contributed by atoms with Gasteiger partial charge in [0.15, 0.2) is 18.5 Å². The van der Waals surface area contributed by atoms with Crippen molar-refractivity contribution in [2.24, 2.45) is 0 Å². The Labute approximate surface area is 229 Å². The van der Waals surface area contributed by atoms with Crippen LogP contribution in [0.5, 0.6) is 0 Å². The van der Waals surface area contributed by atoms with Crippen LogP contribution in [0.1, 0.15) is 31.1 Å². The molecule has 0 aromatic heterocycles. The van der Waals surface area contributed by atoms with Crippen LogP contribution in [0.3, 0.4) is 0 Å². The molecule has 3 aromatic rings. The van der Waals surface area contributed by atoms with Crippen molar-refractivity contribution in [2.75, 3.05) is 13.7 Å². The van der Waals surface area contributed by atoms with Gasteiger partial charge in [-0.15, -0.1) is 0 Å². The van der Waals surface area contributed by atoms with Gasteiger partial charge >= 0.3 is 17.9 Å². The Bertz CT molecular complexity index is 1300. The highest BCUT2D eigenvalue weighted by atomic mass is 32.2. The number of hydrogen-bond donors (Lipinski definition) is 0. The Balaban J connectivity index is 1.62. The number of nitriles is 1. The molecule has 0 aliphatic carbocycles. The van der Waals surface area contributed by atoms with Crippen LogP contribution in [0.25, 0.3) is 0 Å². The van der Waals surface area contributed by atoms with Gasteiger partial charge in [-0.05, 0) is 48.2 Å². The molecule has 5 atom stereocenters. The zero-order valence-electron chi connectivity index (χ0n) is 20.9. The molecule has 10 heteroatoms. The van der Waals surface area contributed by atoms with Crippen molar-refractivity contribution in [1.29, 1.82) is 5.26 Å². The van der Waals surface area contributed by atoms with E-state index >= 15 is 0 Å². The van der Waals surface area contributed by atoms with Gasteiger partial charge in [0.25, 0.3) is 0 Å². The quantitative estimate of drug-likeness (QED) is 0.218. The molecule has 1 saturated heterocycles. The smallest absolute Gasteiger partial charge is 0.338 e. The molecular weight excluding hydrogens is 522 g/mol. The number of carbonyl (C=O) groups excluding carboxylic acids is 3. The molecule has 39 heavy (non-hydrogen) atoms. The van der Waals surface area contributed by atoms with Crippen molar-refractivity contribution in [1.82, 2.24) is 0 Å². The summed E-state index contributed by atoms with van der Waals surface area (Å²) in [5, 5.41) is 10.7. The summed E-state index contributed by atoms with van der Waals surface area (Å²) in [6, 6.07) is 24.9. The van der Waals surface area contributed by atoms with Crippen LogP contribution >= 0.6 is 11.8 Å². The predicted octanol–water partition coefficient (Wildman–Crippen LogP) is 4.25. The molecule has 1 fully saturated rings. The Morgan fingerprint density at radius 1 is 0.769 bits per heavy atom. The minimum absolute atomic E-state index is 0.263. The summed E-state index contributed by atoms with van der Waals surface area (Å²) < 4.78 is 28.6. The lowest BCUT2D eigenvalue weighted by Crippen LogP contribution is -2.60. The Morgan fingerprint density at radius 3 is 1.69 bits per heavy atom. The molecule has 3 aromatic carbocycles. The van der Waals surface area contributed by atoms with Crippen LogP contribution in [0.15, 0.2) is 91.0 Å². The van der Waals surface area contributed by atoms with E-state index in [-0.39, 0.29) is 17.7 Å². The molecule has 1 heterocycles. The Hall–Kier alpha value is -4.17. The van der Waals surface area contributed by atoms with Crippen molar-refractivity contribution >= 4 is 29.7 Å². The lowest BCUT2D eigenvalue weighted by atomic mass is 10.0. The van der Waals surface area contributed by atoms with Crippen LogP contribution in [-0.2, 0) is 23.7 Å². The molecule has 0 N–H and O–H groups in total. The number of methoxy groups -OCH3 is 1. The van der Waals surface area contributed by atoms with Gasteiger partial charge in [0, 0.05) is 7.11 Å². The van der Waals surface area contributed by atoms with E-state index in [0.717, 1.165) is 11.8 Å². The first-order valence-electron chi connectivity index (χ1n) is 12.0. The highest BCUT2D eigenvalue weighted by Gasteiger charge is 2.51. The van der Waals surface area contributed by atoms with Gasteiger partial charge in [-0.2, -0.15) is 5.26 Å². The second-order valence-corrected chi connectivity index (χ2v) is 9.35. The molecule has 4 rings (SSSR count). The third kappa shape index (κ3) is 7.03. The van der Waals surface area contributed by atoms with Crippen molar-refractivity contribution in [3.63, 3.8) is 0 Å². The lowest BCUT2D eigenvalue weighted by Gasteiger charge is -2.43. The van der Waals surface area contributed by atoms with Gasteiger partial charge in [-0.25, -0.2) is 14.4 Å². The van der Waals surface area contributed by atoms with Crippen LogP contribution in [0.2, 0.25) is 0 Å². The van der Waals surface area contributed by atoms with Gasteiger partial charge in [0.05, 0.1) is 21.9 Å². The average Bonchev–Trinajstić information content (AvgIpc) is 2.99. The number of benzene rings is 3. The van der Waals surface area contributed by atoms with E-state index in [2.05, 4.69) is 0 Å². The summed E-state index contributed by atoms with van der Waals surface area (Å²) >= 11 is 0.757. The van der Waals surface area contributed by atoms with Crippen LogP contribution in [0, 0.1) is 10.7 Å². The SMILES string of the molecule is CO[C@H]1O[C@H](COC(=O)c2ccccc2)[C@H](SC#N)[C@H](OC(=O)c2ccccc2)[C@H]1OC(=O)c1ccccc1. The number of rotatable bonds is 9. The minimum Gasteiger partial charge on any atom is -0.459 e. The number of thiocyanates is 1. The maximum absolute atomic E-state index is 13.1. The van der Waals surface area contributed by atoms with Crippen molar-refractivity contribution < 1.29 is 38.1 Å². The highest BCUT2D eigenvalue weighted by Crippen LogP contribution is 2.35. The van der Waals surface area contributed by atoms with Crippen LogP contribution in [0.4, 0.5) is 0 Å². The largest absolute Gasteiger partial charge is 0.459 e. The molecule has 0 amide bonds. The molecule has 0 saturated carbocycles. The van der Waals surface area contributed by atoms with E-state index in [9.17, 15) is 19.6 Å². The van der Waals surface area contributed by atoms with Crippen molar-refractivity contribution in [3.05, 3.63) is 108 Å². The summed E-state index contributed by atoms with van der Waals surface area (Å²) in [5.41, 5.74) is 0.866. The number of esters is 3. The molecule has 0 unspecified atom stereocenters. The molecule has 0 spiro atoms. The zero-order chi connectivity index (χ0) is 27.6. The van der Waals surface area contributed by atoms with E-state index < -0.39 is 47.8 Å². The van der Waals surface area contributed by atoms with E-state index in [1.807, 2.05) is 5.40 Å². The van der Waals surface area contributed by atoms with E-state index in [4.69, 9.17) is 23.7 Å². The minimum atomic E-state index is -1.23. The van der Waals surface area contributed by atoms with Gasteiger partial charge in [0.1, 0.15) is 18.1 Å². The number of carbonyl (C=O) groups is 3. The Morgan fingerprint density at radius 2 is 1.23 bits per heavy atom. The van der Waals surface area contributed by atoms with E-state index in [0.29, 0.717) is 5.56 Å². The van der Waals surface area contributed by atoms with Gasteiger partial charge in [-0.1, -0.05) is 54.6 Å². The van der Waals surface area contributed by atoms with E-state index in [1.165, 1.54) is 7.11 Å². The fourth-order valence-corrected chi connectivity index (χ4v) is 4.77. The van der Waals surface area contributed by atoms with Gasteiger partial charge in [-0.3, -0.25) is 0 Å². The van der Waals surface area contributed by atoms with Crippen molar-refractivity contribution in [2.45, 2.75) is 29.9 Å². The second-order valence-electron chi connectivity index (χ2n) is 8.39. The maximum Gasteiger partial charge on any atom is 0.338 e. The predicted molar refractivity (Wildman–Crippen MR) is 141 cm³/mol. The number of ether oxygens (including phenoxy) is 5. The average molecular weight is 548 g/mol. The van der Waals surface area contributed by atoms with Crippen molar-refractivity contribution in [3.8, 4) is 5.40 Å². The Kier molecular flexibility index (Phi) is 9.69. The maximum atomic E-state index is 13.1. The third-order valence-corrected chi connectivity index (χ3v) is 6.86. The van der Waals surface area contributed by atoms with Gasteiger partial charge < -0.3 is 23.7 Å². The number of nitrogens with zero attached hydrogens (tertiary/aromatic N) is 1. The monoisotopic (exact) mass is 547 g/mol. The molecule has 1 aliphatic heterocycles. The summed E-state index contributed by atoms with van der Waals surface area (Å²) in [7, 11) is 1.34. The standard InChI is InChI=1S/C29H25NO8S/c1-34-29-24(38-28(33)21-15-9-4-10-16-21)23(37-27(32)20-13-7-3-8-14-20)25(39-18-30)22(36-29)17-35-26(31)19-11-5-2-6-12-19/h2-16,22-25,29H,17H2,1H3/t22-,23-,24-,25+,29+/m1/s1. The zero-order valence-corrected chi connectivity index (χ0v) is 21.7. The van der Waals surface area contributed by atoms with Crippen LogP contribution in [-0.4, -0.2) is 61.5 Å². The van der Waals surface area contributed by atoms with E-state index in [1.54, 1.807) is 91.0 Å². The van der Waals surface area contributed by atoms with Crippen LogP contribution < -0.4 is 0 Å². The highest BCUT2D eigenvalue weighted by molar-refractivity contribution is 8.04. The topological polar surface area (TPSA) is 121 Å². The fourth-order valence-electron chi connectivity index (χ4n) is 4.01. The number of hydrogen-bond acceptors (Lipinski definition) is 10. The molecular formula is C29H25NO8S. The molecule has 9 nitrogen and oxygen atoms in total. The molecule has 200 valence electrons. The third-order valence-electron chi connectivity index (χ3n) is 5.91. The molecule has 0 bridgehead atoms. The summed E-state index contributed by atoms with van der Waals surface area (Å²) in [6.45, 7) is -0.272. The summed E-state index contributed by atoms with van der Waals surface area (Å²) in [5.74, 6) is -1.98. The van der Waals surface area contributed by atoms with Gasteiger partial charge in [0.2, 0.25) is 0 Å². The molecule has 1 aliphatic rings. The first-order valence-corrected chi connectivity index (χ1v) is 12.9. The summed E-state index contributed by atoms with van der Waals surface area (Å²) in [6.07, 6.45) is -4.55. The number of thioether (sulfide) groups is 1.